The van der Waals surface area contributed by atoms with Crippen molar-refractivity contribution in [1.82, 2.24) is 15.7 Å². The van der Waals surface area contributed by atoms with E-state index >= 15 is 0 Å². The molecule has 1 heterocycles. The molecule has 19 nitrogen and oxygen atoms in total. The minimum Gasteiger partial charge on any atom is -0.481 e. The van der Waals surface area contributed by atoms with Gasteiger partial charge < -0.3 is 58.5 Å². The molecule has 0 unspecified atom stereocenters. The Bertz CT molecular complexity index is 954. The molecule has 50 heavy (non-hydrogen) atoms. The standard InChI is InChI=1S/C31H53N3O16/c35-26(32-8-16-46-20-24-48-22-18-44-14-6-30(39)40)4-12-42-10-1-11-43-13-5-27(36)33-9-17-47-21-25-49-23-19-45-15-7-31(41)50-34-28(37)2-3-29(34)38/h1-25H2,(H,32,35)(H,33,36)(H,39,40). The number of carboxylic acid groups (broad SMARTS) is 1. The maximum absolute atomic E-state index is 11.9. The summed E-state index contributed by atoms with van der Waals surface area (Å²) in [5.41, 5.74) is 0. The van der Waals surface area contributed by atoms with Gasteiger partial charge in [-0.25, -0.2) is 4.79 Å². The Hall–Kier alpha value is -3.30. The van der Waals surface area contributed by atoms with Crippen LogP contribution in [0.3, 0.4) is 0 Å². The van der Waals surface area contributed by atoms with E-state index in [0.717, 1.165) is 0 Å². The minimum absolute atomic E-state index is 0.0355. The molecule has 288 valence electrons. The molecule has 1 fully saturated rings. The van der Waals surface area contributed by atoms with E-state index in [-0.39, 0.29) is 90.0 Å². The Kier molecular flexibility index (Phi) is 28.3. The maximum Gasteiger partial charge on any atom is 0.335 e. The van der Waals surface area contributed by atoms with E-state index < -0.39 is 23.8 Å². The first-order valence-electron chi connectivity index (χ1n) is 16.7. The van der Waals surface area contributed by atoms with Crippen LogP contribution in [0.1, 0.15) is 44.9 Å². The molecule has 0 aromatic rings. The van der Waals surface area contributed by atoms with E-state index in [1.54, 1.807) is 0 Å². The summed E-state index contributed by atoms with van der Waals surface area (Å²) in [6.07, 6.45) is 1.03. The molecular formula is C31H53N3O16. The highest BCUT2D eigenvalue weighted by Crippen LogP contribution is 2.12. The summed E-state index contributed by atoms with van der Waals surface area (Å²) in [6, 6.07) is 0. The van der Waals surface area contributed by atoms with Crippen LogP contribution in [-0.4, -0.2) is 165 Å². The lowest BCUT2D eigenvalue weighted by molar-refractivity contribution is -0.198. The van der Waals surface area contributed by atoms with Gasteiger partial charge in [-0.05, 0) is 6.42 Å². The Morgan fingerprint density at radius 2 is 0.860 bits per heavy atom. The summed E-state index contributed by atoms with van der Waals surface area (Å²) in [4.78, 5) is 73.2. The number of carbonyl (C=O) groups excluding carboxylic acids is 5. The van der Waals surface area contributed by atoms with Crippen molar-refractivity contribution in [2.24, 2.45) is 0 Å². The van der Waals surface area contributed by atoms with Gasteiger partial charge in [0, 0.05) is 52.0 Å². The fraction of sp³-hybridized carbons (Fsp3) is 0.806. The third kappa shape index (κ3) is 27.5. The number of aliphatic carboxylic acids is 1. The third-order valence-electron chi connectivity index (χ3n) is 6.26. The van der Waals surface area contributed by atoms with E-state index in [9.17, 15) is 28.8 Å². The van der Waals surface area contributed by atoms with Crippen LogP contribution < -0.4 is 10.6 Å². The molecule has 0 atom stereocenters. The first kappa shape index (κ1) is 44.7. The molecule has 0 radical (unpaired) electrons. The molecule has 1 aliphatic rings. The van der Waals surface area contributed by atoms with Gasteiger partial charge in [0.2, 0.25) is 11.8 Å². The van der Waals surface area contributed by atoms with Gasteiger partial charge in [0.15, 0.2) is 0 Å². The zero-order valence-electron chi connectivity index (χ0n) is 28.7. The lowest BCUT2D eigenvalue weighted by Crippen LogP contribution is -2.32. The highest BCUT2D eigenvalue weighted by atomic mass is 16.7. The normalized spacial score (nSPS) is 12.8. The number of hydrogen-bond acceptors (Lipinski definition) is 15. The number of ether oxygens (including phenoxy) is 8. The molecule has 1 aliphatic heterocycles. The predicted molar refractivity (Wildman–Crippen MR) is 170 cm³/mol. The van der Waals surface area contributed by atoms with E-state index in [1.165, 1.54) is 0 Å². The monoisotopic (exact) mass is 723 g/mol. The number of nitrogens with one attached hydrogen (secondary N) is 2. The predicted octanol–water partition coefficient (Wildman–Crippen LogP) is -1.01. The van der Waals surface area contributed by atoms with Crippen molar-refractivity contribution >= 4 is 35.6 Å². The van der Waals surface area contributed by atoms with Crippen LogP contribution in [0, 0.1) is 0 Å². The summed E-state index contributed by atoms with van der Waals surface area (Å²) in [5.74, 6) is -2.97. The molecule has 3 N–H and O–H groups in total. The van der Waals surface area contributed by atoms with Gasteiger partial charge in [-0.2, -0.15) is 0 Å². The number of imide groups is 1. The minimum atomic E-state index is -0.903. The van der Waals surface area contributed by atoms with Crippen molar-refractivity contribution in [2.75, 3.05) is 119 Å². The molecule has 0 aromatic carbocycles. The van der Waals surface area contributed by atoms with Crippen LogP contribution in [0.15, 0.2) is 0 Å². The van der Waals surface area contributed by atoms with Crippen molar-refractivity contribution in [2.45, 2.75) is 44.9 Å². The summed E-state index contributed by atoms with van der Waals surface area (Å²) < 4.78 is 42.6. The summed E-state index contributed by atoms with van der Waals surface area (Å²) in [7, 11) is 0. The van der Waals surface area contributed by atoms with Crippen LogP contribution in [0.25, 0.3) is 0 Å². The van der Waals surface area contributed by atoms with Gasteiger partial charge in [-0.15, -0.1) is 5.06 Å². The fourth-order valence-electron chi connectivity index (χ4n) is 3.70. The Balaban J connectivity index is 1.74. The molecule has 4 amide bonds. The summed E-state index contributed by atoms with van der Waals surface area (Å²) >= 11 is 0. The second-order valence-electron chi connectivity index (χ2n) is 10.4. The molecular weight excluding hydrogens is 670 g/mol. The third-order valence-corrected chi connectivity index (χ3v) is 6.26. The molecule has 0 aromatic heterocycles. The Morgan fingerprint density at radius 1 is 0.500 bits per heavy atom. The number of hydrogen-bond donors (Lipinski definition) is 3. The second kappa shape index (κ2) is 31.7. The first-order chi connectivity index (χ1) is 24.3. The molecule has 1 saturated heterocycles. The molecule has 1 rings (SSSR count). The van der Waals surface area contributed by atoms with Crippen molar-refractivity contribution in [3.8, 4) is 0 Å². The summed E-state index contributed by atoms with van der Waals surface area (Å²) in [5, 5.41) is 14.5. The average Bonchev–Trinajstić information content (AvgIpc) is 3.40. The van der Waals surface area contributed by atoms with Gasteiger partial charge in [-0.1, -0.05) is 0 Å². The van der Waals surface area contributed by atoms with Crippen molar-refractivity contribution < 1.29 is 76.6 Å². The average molecular weight is 724 g/mol. The van der Waals surface area contributed by atoms with Crippen LogP contribution >= 0.6 is 0 Å². The highest BCUT2D eigenvalue weighted by molar-refractivity contribution is 6.01. The van der Waals surface area contributed by atoms with Gasteiger partial charge in [-0.3, -0.25) is 24.0 Å². The van der Waals surface area contributed by atoms with Gasteiger partial charge in [0.25, 0.3) is 11.8 Å². The van der Waals surface area contributed by atoms with Gasteiger partial charge in [0.1, 0.15) is 0 Å². The lowest BCUT2D eigenvalue weighted by atomic mass is 10.4. The van der Waals surface area contributed by atoms with Crippen LogP contribution in [0.5, 0.6) is 0 Å². The Labute approximate surface area is 291 Å². The van der Waals surface area contributed by atoms with E-state index in [0.29, 0.717) is 90.6 Å². The Morgan fingerprint density at radius 3 is 1.30 bits per heavy atom. The molecule has 0 saturated carbocycles. The van der Waals surface area contributed by atoms with Crippen LogP contribution in [-0.2, 0) is 71.5 Å². The molecule has 0 aliphatic carbocycles. The van der Waals surface area contributed by atoms with Crippen molar-refractivity contribution in [3.05, 3.63) is 0 Å². The summed E-state index contributed by atoms with van der Waals surface area (Å²) in [6.45, 7) is 5.68. The van der Waals surface area contributed by atoms with Gasteiger partial charge in [0.05, 0.1) is 105 Å². The number of carboxylic acids is 1. The SMILES string of the molecule is O=C(O)CCOCCOCCOCCNC(=O)CCOCCCOCCC(=O)NCCOCCOCCOCCC(=O)ON1C(=O)CCC1=O. The maximum atomic E-state index is 11.9. The quantitative estimate of drug-likeness (QED) is 0.0525. The largest absolute Gasteiger partial charge is 0.481 e. The van der Waals surface area contributed by atoms with Gasteiger partial charge >= 0.3 is 11.9 Å². The number of hydroxylamine groups is 2. The van der Waals surface area contributed by atoms with Crippen LogP contribution in [0.4, 0.5) is 0 Å². The zero-order chi connectivity index (χ0) is 36.5. The van der Waals surface area contributed by atoms with Crippen LogP contribution in [0.2, 0.25) is 0 Å². The lowest BCUT2D eigenvalue weighted by Gasteiger charge is -2.12. The number of amides is 4. The molecule has 0 bridgehead atoms. The topological polar surface area (TPSA) is 233 Å². The van der Waals surface area contributed by atoms with Crippen molar-refractivity contribution in [1.29, 1.82) is 0 Å². The zero-order valence-corrected chi connectivity index (χ0v) is 28.7. The van der Waals surface area contributed by atoms with E-state index in [4.69, 9.17) is 47.8 Å². The molecule has 19 heteroatoms. The number of nitrogens with zero attached hydrogens (tertiary/aromatic N) is 1. The smallest absolute Gasteiger partial charge is 0.335 e. The number of rotatable bonds is 35. The first-order valence-corrected chi connectivity index (χ1v) is 16.7. The number of carbonyl (C=O) groups is 6. The van der Waals surface area contributed by atoms with Crippen molar-refractivity contribution in [3.63, 3.8) is 0 Å². The van der Waals surface area contributed by atoms with E-state index in [2.05, 4.69) is 10.6 Å². The molecule has 0 spiro atoms. The van der Waals surface area contributed by atoms with E-state index in [1.807, 2.05) is 0 Å². The highest BCUT2D eigenvalue weighted by Gasteiger charge is 2.32. The fourth-order valence-corrected chi connectivity index (χ4v) is 3.70. The second-order valence-corrected chi connectivity index (χ2v) is 10.4.